The van der Waals surface area contributed by atoms with Gasteiger partial charge in [-0.05, 0) is 31.2 Å². The molecule has 0 atom stereocenters. The highest BCUT2D eigenvalue weighted by Crippen LogP contribution is 2.20. The summed E-state index contributed by atoms with van der Waals surface area (Å²) in [6.45, 7) is 2.01. The summed E-state index contributed by atoms with van der Waals surface area (Å²) < 4.78 is 14.8. The first kappa shape index (κ1) is 18.8. The van der Waals surface area contributed by atoms with Crippen molar-refractivity contribution < 1.29 is 9.18 Å². The number of carbonyl (C=O) groups is 1. The van der Waals surface area contributed by atoms with E-state index in [2.05, 4.69) is 20.6 Å². The minimum atomic E-state index is -0.524. The van der Waals surface area contributed by atoms with Gasteiger partial charge in [-0.1, -0.05) is 22.9 Å². The molecule has 1 N–H and O–H groups in total. The van der Waals surface area contributed by atoms with Crippen LogP contribution < -0.4 is 10.2 Å². The van der Waals surface area contributed by atoms with E-state index in [-0.39, 0.29) is 16.6 Å². The lowest BCUT2D eigenvalue weighted by Crippen LogP contribution is -2.25. The Balaban J connectivity index is 1.79. The first-order valence-electron chi connectivity index (χ1n) is 8.15. The molecule has 0 aliphatic rings. The molecule has 3 rings (SSSR count). The molecule has 0 aliphatic carbocycles. The van der Waals surface area contributed by atoms with Crippen molar-refractivity contribution >= 4 is 23.3 Å². The molecular formula is C18H18ClFN6O. The van der Waals surface area contributed by atoms with Crippen molar-refractivity contribution in [3.8, 4) is 5.69 Å². The summed E-state index contributed by atoms with van der Waals surface area (Å²) in [5, 5.41) is 10.7. The SMILES string of the molecule is Cc1c(C(=O)NCc2cccnc2N(C)C)nnn1-c1ccc(F)c(Cl)c1. The number of nitrogens with zero attached hydrogens (tertiary/aromatic N) is 5. The lowest BCUT2D eigenvalue weighted by Gasteiger charge is -2.15. The van der Waals surface area contributed by atoms with Crippen molar-refractivity contribution in [2.24, 2.45) is 0 Å². The number of pyridine rings is 1. The molecular weight excluding hydrogens is 371 g/mol. The topological polar surface area (TPSA) is 75.9 Å². The van der Waals surface area contributed by atoms with Crippen LogP contribution in [0.5, 0.6) is 0 Å². The predicted molar refractivity (Wildman–Crippen MR) is 101 cm³/mol. The molecule has 2 heterocycles. The van der Waals surface area contributed by atoms with Gasteiger partial charge in [0.2, 0.25) is 0 Å². The van der Waals surface area contributed by atoms with Crippen LogP contribution >= 0.6 is 11.6 Å². The van der Waals surface area contributed by atoms with Gasteiger partial charge in [0.05, 0.1) is 16.4 Å². The van der Waals surface area contributed by atoms with Crippen LogP contribution in [0, 0.1) is 12.7 Å². The Morgan fingerprint density at radius 2 is 2.11 bits per heavy atom. The van der Waals surface area contributed by atoms with Crippen LogP contribution in [0.25, 0.3) is 5.69 Å². The molecule has 9 heteroatoms. The molecule has 0 spiro atoms. The maximum absolute atomic E-state index is 13.3. The fourth-order valence-electron chi connectivity index (χ4n) is 2.63. The average molecular weight is 389 g/mol. The van der Waals surface area contributed by atoms with Crippen molar-refractivity contribution in [3.63, 3.8) is 0 Å². The van der Waals surface area contributed by atoms with E-state index in [1.54, 1.807) is 13.1 Å². The molecule has 0 aliphatic heterocycles. The second kappa shape index (κ2) is 7.71. The van der Waals surface area contributed by atoms with Gasteiger partial charge < -0.3 is 10.2 Å². The number of rotatable bonds is 5. The fraction of sp³-hybridized carbons (Fsp3) is 0.222. The molecule has 0 radical (unpaired) electrons. The van der Waals surface area contributed by atoms with E-state index in [1.807, 2.05) is 31.1 Å². The Morgan fingerprint density at radius 1 is 1.33 bits per heavy atom. The van der Waals surface area contributed by atoms with Crippen LogP contribution in [0.2, 0.25) is 5.02 Å². The number of benzene rings is 1. The Hall–Kier alpha value is -3.00. The zero-order valence-corrected chi connectivity index (χ0v) is 15.8. The number of aromatic nitrogens is 4. The van der Waals surface area contributed by atoms with E-state index in [1.165, 1.54) is 22.9 Å². The summed E-state index contributed by atoms with van der Waals surface area (Å²) >= 11 is 5.82. The quantitative estimate of drug-likeness (QED) is 0.727. The lowest BCUT2D eigenvalue weighted by atomic mass is 10.2. The number of carbonyl (C=O) groups excluding carboxylic acids is 1. The second-order valence-corrected chi connectivity index (χ2v) is 6.50. The molecule has 27 heavy (non-hydrogen) atoms. The fourth-order valence-corrected chi connectivity index (χ4v) is 2.81. The normalized spacial score (nSPS) is 10.7. The molecule has 0 saturated heterocycles. The number of amides is 1. The highest BCUT2D eigenvalue weighted by atomic mass is 35.5. The molecule has 1 amide bonds. The number of anilines is 1. The van der Waals surface area contributed by atoms with Crippen LogP contribution in [0.1, 0.15) is 21.7 Å². The van der Waals surface area contributed by atoms with Gasteiger partial charge in [0, 0.05) is 32.4 Å². The molecule has 0 saturated carbocycles. The number of hydrogen-bond donors (Lipinski definition) is 1. The number of halogens is 2. The van der Waals surface area contributed by atoms with Gasteiger partial charge in [-0.2, -0.15) is 0 Å². The second-order valence-electron chi connectivity index (χ2n) is 6.10. The van der Waals surface area contributed by atoms with E-state index in [9.17, 15) is 9.18 Å². The number of nitrogens with one attached hydrogen (secondary N) is 1. The lowest BCUT2D eigenvalue weighted by molar-refractivity contribution is 0.0945. The summed E-state index contributed by atoms with van der Waals surface area (Å²) in [6.07, 6.45) is 1.70. The van der Waals surface area contributed by atoms with Gasteiger partial charge >= 0.3 is 0 Å². The van der Waals surface area contributed by atoms with Crippen LogP contribution in [-0.2, 0) is 6.54 Å². The van der Waals surface area contributed by atoms with Crippen molar-refractivity contribution in [1.82, 2.24) is 25.3 Å². The van der Waals surface area contributed by atoms with Crippen LogP contribution in [0.4, 0.5) is 10.2 Å². The van der Waals surface area contributed by atoms with Crippen LogP contribution in [-0.4, -0.2) is 40.0 Å². The van der Waals surface area contributed by atoms with E-state index >= 15 is 0 Å². The van der Waals surface area contributed by atoms with Gasteiger partial charge in [0.25, 0.3) is 5.91 Å². The third-order valence-electron chi connectivity index (χ3n) is 3.99. The van der Waals surface area contributed by atoms with Gasteiger partial charge in [0.1, 0.15) is 11.6 Å². The monoisotopic (exact) mass is 388 g/mol. The minimum Gasteiger partial charge on any atom is -0.362 e. The number of hydrogen-bond acceptors (Lipinski definition) is 5. The molecule has 0 fully saturated rings. The van der Waals surface area contributed by atoms with Gasteiger partial charge in [-0.15, -0.1) is 5.10 Å². The maximum atomic E-state index is 13.3. The molecule has 1 aromatic carbocycles. The molecule has 0 unspecified atom stereocenters. The highest BCUT2D eigenvalue weighted by molar-refractivity contribution is 6.30. The molecule has 2 aromatic heterocycles. The van der Waals surface area contributed by atoms with Crippen molar-refractivity contribution in [1.29, 1.82) is 0 Å². The molecule has 140 valence electrons. The third-order valence-corrected chi connectivity index (χ3v) is 4.28. The third kappa shape index (κ3) is 3.90. The predicted octanol–water partition coefficient (Wildman–Crippen LogP) is 2.76. The molecule has 0 bridgehead atoms. The van der Waals surface area contributed by atoms with Crippen LogP contribution in [0.15, 0.2) is 36.5 Å². The summed E-state index contributed by atoms with van der Waals surface area (Å²) in [7, 11) is 3.77. The Morgan fingerprint density at radius 3 is 2.81 bits per heavy atom. The van der Waals surface area contributed by atoms with E-state index < -0.39 is 5.82 Å². The minimum absolute atomic E-state index is 0.0267. The Labute approximate surface area is 160 Å². The van der Waals surface area contributed by atoms with Crippen molar-refractivity contribution in [3.05, 3.63) is 64.3 Å². The standard InChI is InChI=1S/C18H18ClFN6O/c1-11-16(23-24-26(11)13-6-7-15(20)14(19)9-13)18(27)22-10-12-5-4-8-21-17(12)25(2)3/h4-9H,10H2,1-3H3,(H,22,27). The first-order chi connectivity index (χ1) is 12.9. The zero-order chi connectivity index (χ0) is 19.6. The zero-order valence-electron chi connectivity index (χ0n) is 15.1. The van der Waals surface area contributed by atoms with Crippen molar-refractivity contribution in [2.45, 2.75) is 13.5 Å². The van der Waals surface area contributed by atoms with Gasteiger partial charge in [-0.25, -0.2) is 14.1 Å². The Bertz CT molecular complexity index is 988. The summed E-state index contributed by atoms with van der Waals surface area (Å²) in [6, 6.07) is 7.90. The Kier molecular flexibility index (Phi) is 5.36. The molecule has 3 aromatic rings. The van der Waals surface area contributed by atoms with E-state index in [4.69, 9.17) is 11.6 Å². The maximum Gasteiger partial charge on any atom is 0.274 e. The summed E-state index contributed by atoms with van der Waals surface area (Å²) in [5.41, 5.74) is 2.11. The highest BCUT2D eigenvalue weighted by Gasteiger charge is 2.18. The van der Waals surface area contributed by atoms with Crippen molar-refractivity contribution in [2.75, 3.05) is 19.0 Å². The van der Waals surface area contributed by atoms with E-state index in [0.29, 0.717) is 17.9 Å². The average Bonchev–Trinajstić information content (AvgIpc) is 3.03. The smallest absolute Gasteiger partial charge is 0.274 e. The summed E-state index contributed by atoms with van der Waals surface area (Å²) in [4.78, 5) is 18.7. The van der Waals surface area contributed by atoms with Gasteiger partial charge in [-0.3, -0.25) is 4.79 Å². The first-order valence-corrected chi connectivity index (χ1v) is 8.53. The summed E-state index contributed by atoms with van der Waals surface area (Å²) in [5.74, 6) is -0.107. The van der Waals surface area contributed by atoms with E-state index in [0.717, 1.165) is 11.4 Å². The molecule has 7 nitrogen and oxygen atoms in total. The van der Waals surface area contributed by atoms with Gasteiger partial charge in [0.15, 0.2) is 5.69 Å². The largest absolute Gasteiger partial charge is 0.362 e. The van der Waals surface area contributed by atoms with Crippen LogP contribution in [0.3, 0.4) is 0 Å².